The third-order valence-electron chi connectivity index (χ3n) is 3.61. The highest BCUT2D eigenvalue weighted by atomic mass is 19.1. The molecule has 0 aliphatic carbocycles. The maximum Gasteiger partial charge on any atom is 0.318 e. The van der Waals surface area contributed by atoms with E-state index in [4.69, 9.17) is 0 Å². The minimum Gasteiger partial charge on any atom is -0.348 e. The number of carbonyl (C=O) groups excluding carboxylic acids is 2. The number of benzene rings is 1. The number of hydrogen-bond acceptors (Lipinski definition) is 2. The standard InChI is InChI=1S/C15H20FN3O2/c1-9(2)19-8-13(18-15(19)21)14(20)17-10(3)11-4-6-12(16)7-5-11/h4-7,9-10,13H,8H2,1-3H3,(H,17,20)(H,18,21). The van der Waals surface area contributed by atoms with Crippen LogP contribution in [0.2, 0.25) is 0 Å². The first-order chi connectivity index (χ1) is 9.88. The van der Waals surface area contributed by atoms with Crippen molar-refractivity contribution in [2.24, 2.45) is 0 Å². The first-order valence-corrected chi connectivity index (χ1v) is 7.01. The fourth-order valence-electron chi connectivity index (χ4n) is 2.30. The van der Waals surface area contributed by atoms with Gasteiger partial charge in [-0.2, -0.15) is 0 Å². The minimum atomic E-state index is -0.553. The van der Waals surface area contributed by atoms with Gasteiger partial charge in [0.1, 0.15) is 11.9 Å². The second kappa shape index (κ2) is 6.11. The predicted octanol–water partition coefficient (Wildman–Crippen LogP) is 1.81. The van der Waals surface area contributed by atoms with Gasteiger partial charge < -0.3 is 15.5 Å². The average Bonchev–Trinajstić information content (AvgIpc) is 2.81. The van der Waals surface area contributed by atoms with E-state index in [2.05, 4.69) is 10.6 Å². The summed E-state index contributed by atoms with van der Waals surface area (Å²) in [4.78, 5) is 25.5. The van der Waals surface area contributed by atoms with E-state index < -0.39 is 6.04 Å². The summed E-state index contributed by atoms with van der Waals surface area (Å²) in [5.41, 5.74) is 0.815. The molecule has 1 aromatic rings. The van der Waals surface area contributed by atoms with E-state index >= 15 is 0 Å². The largest absolute Gasteiger partial charge is 0.348 e. The third kappa shape index (κ3) is 3.51. The van der Waals surface area contributed by atoms with Crippen molar-refractivity contribution >= 4 is 11.9 Å². The second-order valence-corrected chi connectivity index (χ2v) is 5.53. The molecule has 1 heterocycles. The fourth-order valence-corrected chi connectivity index (χ4v) is 2.30. The van der Waals surface area contributed by atoms with Crippen LogP contribution in [0.1, 0.15) is 32.4 Å². The molecular weight excluding hydrogens is 273 g/mol. The van der Waals surface area contributed by atoms with E-state index in [1.165, 1.54) is 12.1 Å². The Hall–Kier alpha value is -2.11. The zero-order chi connectivity index (χ0) is 15.6. The Bertz CT molecular complexity index is 530. The molecule has 2 rings (SSSR count). The van der Waals surface area contributed by atoms with Crippen molar-refractivity contribution in [2.75, 3.05) is 6.54 Å². The molecule has 2 unspecified atom stereocenters. The Balaban J connectivity index is 1.96. The number of amides is 3. The zero-order valence-corrected chi connectivity index (χ0v) is 12.4. The Morgan fingerprint density at radius 3 is 2.48 bits per heavy atom. The maximum atomic E-state index is 12.9. The summed E-state index contributed by atoms with van der Waals surface area (Å²) >= 11 is 0. The molecule has 0 radical (unpaired) electrons. The molecule has 114 valence electrons. The molecule has 1 aliphatic rings. The van der Waals surface area contributed by atoms with Crippen molar-refractivity contribution in [3.8, 4) is 0 Å². The molecule has 0 spiro atoms. The van der Waals surface area contributed by atoms with Crippen LogP contribution in [0.3, 0.4) is 0 Å². The van der Waals surface area contributed by atoms with Gasteiger partial charge in [-0.15, -0.1) is 0 Å². The lowest BCUT2D eigenvalue weighted by Gasteiger charge is -2.19. The van der Waals surface area contributed by atoms with Gasteiger partial charge in [0.25, 0.3) is 0 Å². The number of urea groups is 1. The Kier molecular flexibility index (Phi) is 4.45. The summed E-state index contributed by atoms with van der Waals surface area (Å²) in [6.45, 7) is 5.99. The van der Waals surface area contributed by atoms with Crippen molar-refractivity contribution in [3.05, 3.63) is 35.6 Å². The SMILES string of the molecule is CC(NC(=O)C1CN(C(C)C)C(=O)N1)c1ccc(F)cc1. The number of halogens is 1. The maximum absolute atomic E-state index is 12.9. The number of carbonyl (C=O) groups is 2. The molecule has 2 N–H and O–H groups in total. The summed E-state index contributed by atoms with van der Waals surface area (Å²) < 4.78 is 12.9. The number of nitrogens with zero attached hydrogens (tertiary/aromatic N) is 1. The van der Waals surface area contributed by atoms with Crippen LogP contribution in [0, 0.1) is 5.82 Å². The lowest BCUT2D eigenvalue weighted by Crippen LogP contribution is -2.43. The van der Waals surface area contributed by atoms with E-state index in [0.29, 0.717) is 6.54 Å². The quantitative estimate of drug-likeness (QED) is 0.889. The smallest absolute Gasteiger partial charge is 0.318 e. The van der Waals surface area contributed by atoms with Crippen LogP contribution in [0.15, 0.2) is 24.3 Å². The van der Waals surface area contributed by atoms with Gasteiger partial charge in [-0.05, 0) is 38.5 Å². The van der Waals surface area contributed by atoms with Gasteiger partial charge in [-0.25, -0.2) is 9.18 Å². The molecule has 1 aromatic carbocycles. The van der Waals surface area contributed by atoms with Crippen LogP contribution < -0.4 is 10.6 Å². The van der Waals surface area contributed by atoms with Crippen molar-refractivity contribution in [1.29, 1.82) is 0 Å². The van der Waals surface area contributed by atoms with Crippen LogP contribution in [0.5, 0.6) is 0 Å². The molecule has 5 nitrogen and oxygen atoms in total. The molecule has 1 fully saturated rings. The van der Waals surface area contributed by atoms with Gasteiger partial charge in [-0.3, -0.25) is 4.79 Å². The van der Waals surface area contributed by atoms with Gasteiger partial charge in [0.2, 0.25) is 5.91 Å². The third-order valence-corrected chi connectivity index (χ3v) is 3.61. The Morgan fingerprint density at radius 2 is 1.95 bits per heavy atom. The first kappa shape index (κ1) is 15.3. The number of hydrogen-bond donors (Lipinski definition) is 2. The van der Waals surface area contributed by atoms with E-state index in [0.717, 1.165) is 5.56 Å². The average molecular weight is 293 g/mol. The number of nitrogens with one attached hydrogen (secondary N) is 2. The van der Waals surface area contributed by atoms with Gasteiger partial charge >= 0.3 is 6.03 Å². The monoisotopic (exact) mass is 293 g/mol. The lowest BCUT2D eigenvalue weighted by molar-refractivity contribution is -0.123. The summed E-state index contributed by atoms with van der Waals surface area (Å²) in [6.07, 6.45) is 0. The summed E-state index contributed by atoms with van der Waals surface area (Å²) in [5.74, 6) is -0.545. The molecule has 21 heavy (non-hydrogen) atoms. The molecule has 0 bridgehead atoms. The highest BCUT2D eigenvalue weighted by Crippen LogP contribution is 2.14. The van der Waals surface area contributed by atoms with Crippen LogP contribution >= 0.6 is 0 Å². The van der Waals surface area contributed by atoms with Crippen molar-refractivity contribution in [3.63, 3.8) is 0 Å². The Labute approximate surface area is 123 Å². The topological polar surface area (TPSA) is 61.4 Å². The van der Waals surface area contributed by atoms with Gasteiger partial charge in [0.05, 0.1) is 12.6 Å². The van der Waals surface area contributed by atoms with Gasteiger partial charge in [0, 0.05) is 6.04 Å². The normalized spacial score (nSPS) is 19.6. The molecule has 2 atom stereocenters. The van der Waals surface area contributed by atoms with Crippen LogP contribution in [0.4, 0.5) is 9.18 Å². The summed E-state index contributed by atoms with van der Waals surface area (Å²) in [7, 11) is 0. The van der Waals surface area contributed by atoms with Crippen molar-refractivity contribution in [2.45, 2.75) is 38.9 Å². The second-order valence-electron chi connectivity index (χ2n) is 5.53. The highest BCUT2D eigenvalue weighted by molar-refractivity contribution is 5.90. The van der Waals surface area contributed by atoms with Gasteiger partial charge in [-0.1, -0.05) is 12.1 Å². The summed E-state index contributed by atoms with van der Waals surface area (Å²) in [5, 5.41) is 5.50. The first-order valence-electron chi connectivity index (χ1n) is 7.01. The van der Waals surface area contributed by atoms with E-state index in [1.807, 2.05) is 20.8 Å². The molecule has 6 heteroatoms. The van der Waals surface area contributed by atoms with Gasteiger partial charge in [0.15, 0.2) is 0 Å². The van der Waals surface area contributed by atoms with E-state index in [1.54, 1.807) is 17.0 Å². The molecule has 1 saturated heterocycles. The molecule has 0 saturated carbocycles. The van der Waals surface area contributed by atoms with E-state index in [9.17, 15) is 14.0 Å². The van der Waals surface area contributed by atoms with Crippen molar-refractivity contribution < 1.29 is 14.0 Å². The molecular formula is C15H20FN3O2. The van der Waals surface area contributed by atoms with Crippen LogP contribution in [-0.2, 0) is 4.79 Å². The molecule has 1 aliphatic heterocycles. The lowest BCUT2D eigenvalue weighted by atomic mass is 10.1. The molecule has 0 aromatic heterocycles. The van der Waals surface area contributed by atoms with Crippen LogP contribution in [0.25, 0.3) is 0 Å². The summed E-state index contributed by atoms with van der Waals surface area (Å²) in [6, 6.07) is 5.01. The van der Waals surface area contributed by atoms with Crippen molar-refractivity contribution in [1.82, 2.24) is 15.5 Å². The van der Waals surface area contributed by atoms with E-state index in [-0.39, 0.29) is 29.8 Å². The predicted molar refractivity (Wildman–Crippen MR) is 77.1 cm³/mol. The fraction of sp³-hybridized carbons (Fsp3) is 0.467. The number of rotatable bonds is 4. The Morgan fingerprint density at radius 1 is 1.33 bits per heavy atom. The highest BCUT2D eigenvalue weighted by Gasteiger charge is 2.35. The zero-order valence-electron chi connectivity index (χ0n) is 12.4. The minimum absolute atomic E-state index is 0.0531. The van der Waals surface area contributed by atoms with Crippen LogP contribution in [-0.4, -0.2) is 35.5 Å². The molecule has 3 amide bonds.